The van der Waals surface area contributed by atoms with E-state index in [2.05, 4.69) is 6.92 Å². The van der Waals surface area contributed by atoms with E-state index < -0.39 is 8.80 Å². The van der Waals surface area contributed by atoms with Gasteiger partial charge in [-0.2, -0.15) is 0 Å². The summed E-state index contributed by atoms with van der Waals surface area (Å²) >= 11 is 5.92. The van der Waals surface area contributed by atoms with Crippen LogP contribution in [0.15, 0.2) is 0 Å². The topological polar surface area (TPSA) is 27.7 Å². The summed E-state index contributed by atoms with van der Waals surface area (Å²) in [6.07, 6.45) is 3.28. The van der Waals surface area contributed by atoms with E-state index in [-0.39, 0.29) is 5.54 Å². The second kappa shape index (κ2) is 7.65. The molecule has 0 rings (SSSR count). The van der Waals surface area contributed by atoms with Gasteiger partial charge in [0.2, 0.25) is 0 Å². The molecule has 0 spiro atoms. The molecule has 3 nitrogen and oxygen atoms in total. The van der Waals surface area contributed by atoms with Crippen molar-refractivity contribution in [2.24, 2.45) is 0 Å². The molecule has 0 radical (unpaired) electrons. The fourth-order valence-electron chi connectivity index (χ4n) is 1.55. The van der Waals surface area contributed by atoms with Crippen LogP contribution in [-0.2, 0) is 13.3 Å². The van der Waals surface area contributed by atoms with Crippen LogP contribution < -0.4 is 0 Å². The molecule has 0 aliphatic carbocycles. The Bertz CT molecular complexity index is 134. The molecule has 86 valence electrons. The van der Waals surface area contributed by atoms with E-state index in [0.29, 0.717) is 5.88 Å². The number of halogens is 1. The lowest BCUT2D eigenvalue weighted by Gasteiger charge is -2.31. The first kappa shape index (κ1) is 14.4. The lowest BCUT2D eigenvalue weighted by molar-refractivity contribution is 0.112. The van der Waals surface area contributed by atoms with Crippen molar-refractivity contribution in [3.63, 3.8) is 0 Å². The Morgan fingerprint density at radius 3 is 1.93 bits per heavy atom. The highest BCUT2D eigenvalue weighted by Gasteiger charge is 2.46. The third-order valence-corrected chi connectivity index (χ3v) is 6.28. The monoisotopic (exact) mass is 240 g/mol. The summed E-state index contributed by atoms with van der Waals surface area (Å²) in [7, 11) is 2.37. The first-order valence-electron chi connectivity index (χ1n) is 4.92. The van der Waals surface area contributed by atoms with Gasteiger partial charge < -0.3 is 13.3 Å². The van der Waals surface area contributed by atoms with Crippen LogP contribution in [0.2, 0.25) is 5.54 Å². The van der Waals surface area contributed by atoms with Crippen molar-refractivity contribution < 1.29 is 13.3 Å². The molecule has 5 heteroatoms. The van der Waals surface area contributed by atoms with E-state index in [4.69, 9.17) is 24.9 Å². The normalized spacial score (nSPS) is 14.4. The molecule has 0 aromatic carbocycles. The minimum atomic E-state index is -2.52. The van der Waals surface area contributed by atoms with E-state index in [1.54, 1.807) is 21.3 Å². The van der Waals surface area contributed by atoms with Gasteiger partial charge in [-0.25, -0.2) is 0 Å². The van der Waals surface area contributed by atoms with Crippen LogP contribution in [0.25, 0.3) is 0 Å². The molecule has 0 aromatic heterocycles. The summed E-state index contributed by atoms with van der Waals surface area (Å²) < 4.78 is 16.2. The molecule has 0 aliphatic heterocycles. The maximum Gasteiger partial charge on any atom is 0.504 e. The molecule has 1 unspecified atom stereocenters. The van der Waals surface area contributed by atoms with E-state index in [9.17, 15) is 0 Å². The summed E-state index contributed by atoms with van der Waals surface area (Å²) in [6, 6.07) is 0. The smallest absolute Gasteiger partial charge is 0.377 e. The molecule has 0 saturated carbocycles. The summed E-state index contributed by atoms with van der Waals surface area (Å²) in [5.74, 6) is 0.530. The second-order valence-corrected chi connectivity index (χ2v) is 6.77. The Morgan fingerprint density at radius 2 is 1.64 bits per heavy atom. The van der Waals surface area contributed by atoms with Gasteiger partial charge in [-0.05, 0) is 6.42 Å². The van der Waals surface area contributed by atoms with Gasteiger partial charge in [-0.15, -0.1) is 11.6 Å². The Labute approximate surface area is 93.1 Å². The van der Waals surface area contributed by atoms with Gasteiger partial charge in [0.25, 0.3) is 0 Å². The molecule has 0 N–H and O–H groups in total. The van der Waals surface area contributed by atoms with Crippen LogP contribution in [0.1, 0.15) is 26.2 Å². The number of hydrogen-bond acceptors (Lipinski definition) is 3. The molecule has 0 fully saturated rings. The van der Waals surface area contributed by atoms with Gasteiger partial charge >= 0.3 is 8.80 Å². The summed E-state index contributed by atoms with van der Waals surface area (Å²) in [6.45, 7) is 2.15. The van der Waals surface area contributed by atoms with Crippen LogP contribution in [-0.4, -0.2) is 36.0 Å². The van der Waals surface area contributed by atoms with Crippen molar-refractivity contribution in [1.82, 2.24) is 0 Å². The summed E-state index contributed by atoms with van der Waals surface area (Å²) in [5.41, 5.74) is 0.198. The first-order valence-corrected chi connectivity index (χ1v) is 7.25. The zero-order chi connectivity index (χ0) is 11.0. The van der Waals surface area contributed by atoms with E-state index in [0.717, 1.165) is 19.3 Å². The zero-order valence-electron chi connectivity index (χ0n) is 9.51. The maximum atomic E-state index is 5.92. The zero-order valence-corrected chi connectivity index (χ0v) is 11.3. The number of hydrogen-bond donors (Lipinski definition) is 0. The number of alkyl halides is 1. The van der Waals surface area contributed by atoms with Crippen LogP contribution in [0.5, 0.6) is 0 Å². The van der Waals surface area contributed by atoms with Crippen LogP contribution in [0.3, 0.4) is 0 Å². The Balaban J connectivity index is 4.40. The average Bonchev–Trinajstić information content (AvgIpc) is 2.25. The molecule has 1 atom stereocenters. The maximum absolute atomic E-state index is 5.92. The molecule has 0 heterocycles. The van der Waals surface area contributed by atoms with Crippen molar-refractivity contribution in [3.8, 4) is 0 Å². The van der Waals surface area contributed by atoms with Gasteiger partial charge in [0.1, 0.15) is 0 Å². The quantitative estimate of drug-likeness (QED) is 0.482. The van der Waals surface area contributed by atoms with Crippen molar-refractivity contribution >= 4 is 20.4 Å². The second-order valence-electron chi connectivity index (χ2n) is 3.21. The molecular weight excluding hydrogens is 220 g/mol. The molecule has 0 bridgehead atoms. The van der Waals surface area contributed by atoms with Crippen LogP contribution in [0.4, 0.5) is 0 Å². The van der Waals surface area contributed by atoms with E-state index in [1.165, 1.54) is 0 Å². The first-order chi connectivity index (χ1) is 6.70. The van der Waals surface area contributed by atoms with Gasteiger partial charge in [0, 0.05) is 32.8 Å². The van der Waals surface area contributed by atoms with Gasteiger partial charge in [-0.1, -0.05) is 19.8 Å². The SMILES string of the molecule is CCCCC(CCl)[Si](OC)(OC)OC. The van der Waals surface area contributed by atoms with Crippen LogP contribution >= 0.6 is 11.6 Å². The summed E-state index contributed by atoms with van der Waals surface area (Å²) in [4.78, 5) is 0. The predicted octanol–water partition coefficient (Wildman–Crippen LogP) is 2.66. The lowest BCUT2D eigenvalue weighted by atomic mass is 10.2. The van der Waals surface area contributed by atoms with Crippen molar-refractivity contribution in [3.05, 3.63) is 0 Å². The lowest BCUT2D eigenvalue weighted by Crippen LogP contribution is -2.48. The average molecular weight is 241 g/mol. The fraction of sp³-hybridized carbons (Fsp3) is 1.00. The molecule has 0 aromatic rings. The minimum Gasteiger partial charge on any atom is -0.377 e. The van der Waals surface area contributed by atoms with Crippen LogP contribution in [0, 0.1) is 0 Å². The minimum absolute atomic E-state index is 0.198. The Hall–Kier alpha value is 0.387. The van der Waals surface area contributed by atoms with E-state index >= 15 is 0 Å². The third kappa shape index (κ3) is 3.51. The molecule has 14 heavy (non-hydrogen) atoms. The largest absolute Gasteiger partial charge is 0.504 e. The van der Waals surface area contributed by atoms with Gasteiger partial charge in [0.15, 0.2) is 0 Å². The Kier molecular flexibility index (Phi) is 7.86. The highest BCUT2D eigenvalue weighted by Crippen LogP contribution is 2.30. The molecule has 0 amide bonds. The fourth-order valence-corrected chi connectivity index (χ4v) is 4.52. The summed E-state index contributed by atoms with van der Waals surface area (Å²) in [5, 5.41) is 0. The number of rotatable bonds is 8. The van der Waals surface area contributed by atoms with Crippen molar-refractivity contribution in [2.75, 3.05) is 27.2 Å². The molecule has 0 saturated heterocycles. The molecular formula is C9H21ClO3Si. The van der Waals surface area contributed by atoms with Crippen molar-refractivity contribution in [2.45, 2.75) is 31.7 Å². The highest BCUT2D eigenvalue weighted by molar-refractivity contribution is 6.63. The number of unbranched alkanes of at least 4 members (excludes halogenated alkanes) is 1. The highest BCUT2D eigenvalue weighted by atomic mass is 35.5. The standard InChI is InChI=1S/C9H21ClO3Si/c1-5-6-7-9(8-10)14(11-2,12-3)13-4/h9H,5-8H2,1-4H3. The van der Waals surface area contributed by atoms with Gasteiger partial charge in [0.05, 0.1) is 0 Å². The predicted molar refractivity (Wildman–Crippen MR) is 60.8 cm³/mol. The van der Waals surface area contributed by atoms with Gasteiger partial charge in [-0.3, -0.25) is 0 Å². The molecule has 0 aliphatic rings. The van der Waals surface area contributed by atoms with E-state index in [1.807, 2.05) is 0 Å². The Morgan fingerprint density at radius 1 is 1.14 bits per heavy atom. The van der Waals surface area contributed by atoms with Crippen molar-refractivity contribution in [1.29, 1.82) is 0 Å². The third-order valence-electron chi connectivity index (χ3n) is 2.45.